The van der Waals surface area contributed by atoms with E-state index in [4.69, 9.17) is 0 Å². The standard InChI is InChI=1S/C12H16N4/c1-9-6-4-5-7-11(9)16-10(2)14-12(15-16)8-13-3/h4-7,13H,8H2,1-3H3. The lowest BCUT2D eigenvalue weighted by Crippen LogP contribution is -2.07. The predicted octanol–water partition coefficient (Wildman–Crippen LogP) is 1.60. The van der Waals surface area contributed by atoms with E-state index < -0.39 is 0 Å². The van der Waals surface area contributed by atoms with Gasteiger partial charge in [-0.3, -0.25) is 0 Å². The van der Waals surface area contributed by atoms with Gasteiger partial charge in [-0.2, -0.15) is 0 Å². The van der Waals surface area contributed by atoms with Gasteiger partial charge in [-0.1, -0.05) is 18.2 Å². The van der Waals surface area contributed by atoms with E-state index in [2.05, 4.69) is 34.5 Å². The van der Waals surface area contributed by atoms with Gasteiger partial charge in [-0.05, 0) is 32.5 Å². The molecule has 2 aromatic rings. The number of hydrogen-bond donors (Lipinski definition) is 1. The molecule has 1 heterocycles. The number of nitrogens with one attached hydrogen (secondary N) is 1. The van der Waals surface area contributed by atoms with Gasteiger partial charge in [-0.25, -0.2) is 9.67 Å². The number of para-hydroxylation sites is 1. The van der Waals surface area contributed by atoms with E-state index in [-0.39, 0.29) is 0 Å². The minimum atomic E-state index is 0.694. The Morgan fingerprint density at radius 2 is 2.00 bits per heavy atom. The van der Waals surface area contributed by atoms with Gasteiger partial charge in [0.15, 0.2) is 5.82 Å². The summed E-state index contributed by atoms with van der Waals surface area (Å²) in [5.74, 6) is 1.74. The molecular weight excluding hydrogens is 200 g/mol. The minimum absolute atomic E-state index is 0.694. The second kappa shape index (κ2) is 4.45. The van der Waals surface area contributed by atoms with E-state index in [0.717, 1.165) is 17.3 Å². The molecule has 0 aliphatic heterocycles. The third-order valence-electron chi connectivity index (χ3n) is 2.49. The van der Waals surface area contributed by atoms with Gasteiger partial charge in [0.05, 0.1) is 12.2 Å². The molecule has 0 saturated heterocycles. The van der Waals surface area contributed by atoms with Crippen molar-refractivity contribution in [2.75, 3.05) is 7.05 Å². The quantitative estimate of drug-likeness (QED) is 0.847. The molecule has 0 amide bonds. The normalized spacial score (nSPS) is 10.7. The van der Waals surface area contributed by atoms with Gasteiger partial charge in [-0.15, -0.1) is 5.10 Å². The Morgan fingerprint density at radius 1 is 1.25 bits per heavy atom. The zero-order valence-corrected chi connectivity index (χ0v) is 9.86. The highest BCUT2D eigenvalue weighted by Gasteiger charge is 2.08. The molecule has 0 fully saturated rings. The largest absolute Gasteiger partial charge is 0.313 e. The van der Waals surface area contributed by atoms with Crippen molar-refractivity contribution in [2.45, 2.75) is 20.4 Å². The molecule has 0 spiro atoms. The van der Waals surface area contributed by atoms with Crippen molar-refractivity contribution in [1.29, 1.82) is 0 Å². The third kappa shape index (κ3) is 1.97. The fourth-order valence-electron chi connectivity index (χ4n) is 1.71. The summed E-state index contributed by atoms with van der Waals surface area (Å²) in [7, 11) is 1.89. The summed E-state index contributed by atoms with van der Waals surface area (Å²) in [5.41, 5.74) is 2.29. The summed E-state index contributed by atoms with van der Waals surface area (Å²) in [6, 6.07) is 8.18. The van der Waals surface area contributed by atoms with Crippen LogP contribution in [0.3, 0.4) is 0 Å². The van der Waals surface area contributed by atoms with Gasteiger partial charge in [0.1, 0.15) is 5.82 Å². The van der Waals surface area contributed by atoms with Crippen LogP contribution >= 0.6 is 0 Å². The molecule has 0 atom stereocenters. The lowest BCUT2D eigenvalue weighted by molar-refractivity contribution is 0.742. The number of rotatable bonds is 3. The number of aryl methyl sites for hydroxylation is 2. The molecule has 0 radical (unpaired) electrons. The van der Waals surface area contributed by atoms with Gasteiger partial charge in [0.25, 0.3) is 0 Å². The summed E-state index contributed by atoms with van der Waals surface area (Å²) < 4.78 is 1.89. The Morgan fingerprint density at radius 3 is 2.69 bits per heavy atom. The summed E-state index contributed by atoms with van der Waals surface area (Å²) in [4.78, 5) is 4.41. The first-order valence-corrected chi connectivity index (χ1v) is 5.35. The number of nitrogens with zero attached hydrogens (tertiary/aromatic N) is 3. The SMILES string of the molecule is CNCc1nc(C)n(-c2ccccc2C)n1. The Labute approximate surface area is 95.3 Å². The second-order valence-corrected chi connectivity index (χ2v) is 3.80. The molecule has 4 heteroatoms. The Balaban J connectivity index is 2.44. The van der Waals surface area contributed by atoms with Gasteiger partial charge in [0, 0.05) is 0 Å². The van der Waals surface area contributed by atoms with Crippen LogP contribution in [0.25, 0.3) is 5.69 Å². The van der Waals surface area contributed by atoms with Crippen LogP contribution in [0, 0.1) is 13.8 Å². The van der Waals surface area contributed by atoms with E-state index in [9.17, 15) is 0 Å². The van der Waals surface area contributed by atoms with E-state index in [1.54, 1.807) is 0 Å². The maximum absolute atomic E-state index is 4.47. The Kier molecular flexibility index (Phi) is 3.01. The average molecular weight is 216 g/mol. The first-order valence-electron chi connectivity index (χ1n) is 5.35. The van der Waals surface area contributed by atoms with Crippen LogP contribution in [-0.4, -0.2) is 21.8 Å². The summed E-state index contributed by atoms with van der Waals surface area (Å²) in [6.07, 6.45) is 0. The molecule has 4 nitrogen and oxygen atoms in total. The Hall–Kier alpha value is -1.68. The minimum Gasteiger partial charge on any atom is -0.313 e. The van der Waals surface area contributed by atoms with Crippen LogP contribution in [0.2, 0.25) is 0 Å². The molecule has 84 valence electrons. The highest BCUT2D eigenvalue weighted by atomic mass is 15.4. The first kappa shape index (κ1) is 10.8. The molecule has 0 aliphatic carbocycles. The molecule has 0 bridgehead atoms. The first-order chi connectivity index (χ1) is 7.72. The zero-order chi connectivity index (χ0) is 11.5. The van der Waals surface area contributed by atoms with Crippen LogP contribution in [0.4, 0.5) is 0 Å². The Bertz CT molecular complexity index is 488. The molecular formula is C12H16N4. The molecule has 0 unspecified atom stereocenters. The monoisotopic (exact) mass is 216 g/mol. The third-order valence-corrected chi connectivity index (χ3v) is 2.49. The van der Waals surface area contributed by atoms with Crippen LogP contribution in [0.5, 0.6) is 0 Å². The maximum Gasteiger partial charge on any atom is 0.165 e. The number of benzene rings is 1. The molecule has 16 heavy (non-hydrogen) atoms. The van der Waals surface area contributed by atoms with Crippen molar-refractivity contribution >= 4 is 0 Å². The van der Waals surface area contributed by atoms with Crippen molar-refractivity contribution < 1.29 is 0 Å². The zero-order valence-electron chi connectivity index (χ0n) is 9.86. The lowest BCUT2D eigenvalue weighted by atomic mass is 10.2. The molecule has 1 aromatic heterocycles. The lowest BCUT2D eigenvalue weighted by Gasteiger charge is -2.05. The summed E-state index contributed by atoms with van der Waals surface area (Å²) in [6.45, 7) is 4.74. The van der Waals surface area contributed by atoms with Crippen molar-refractivity contribution in [3.63, 3.8) is 0 Å². The molecule has 0 aliphatic rings. The average Bonchev–Trinajstić information content (AvgIpc) is 2.61. The van der Waals surface area contributed by atoms with Gasteiger partial charge >= 0.3 is 0 Å². The van der Waals surface area contributed by atoms with Crippen LogP contribution in [0.15, 0.2) is 24.3 Å². The topological polar surface area (TPSA) is 42.7 Å². The van der Waals surface area contributed by atoms with E-state index in [1.807, 2.05) is 30.8 Å². The summed E-state index contributed by atoms with van der Waals surface area (Å²) in [5, 5.41) is 7.53. The van der Waals surface area contributed by atoms with Gasteiger partial charge < -0.3 is 5.32 Å². The van der Waals surface area contributed by atoms with E-state index in [0.29, 0.717) is 6.54 Å². The van der Waals surface area contributed by atoms with Gasteiger partial charge in [0.2, 0.25) is 0 Å². The maximum atomic E-state index is 4.47. The number of hydrogen-bond acceptors (Lipinski definition) is 3. The van der Waals surface area contributed by atoms with Crippen molar-refractivity contribution in [2.24, 2.45) is 0 Å². The fourth-order valence-corrected chi connectivity index (χ4v) is 1.71. The smallest absolute Gasteiger partial charge is 0.165 e. The molecule has 1 N–H and O–H groups in total. The number of aromatic nitrogens is 3. The van der Waals surface area contributed by atoms with Crippen LogP contribution < -0.4 is 5.32 Å². The van der Waals surface area contributed by atoms with Crippen LogP contribution in [-0.2, 0) is 6.54 Å². The second-order valence-electron chi connectivity index (χ2n) is 3.80. The van der Waals surface area contributed by atoms with E-state index >= 15 is 0 Å². The molecule has 2 rings (SSSR count). The highest BCUT2D eigenvalue weighted by molar-refractivity contribution is 5.39. The highest BCUT2D eigenvalue weighted by Crippen LogP contribution is 2.13. The van der Waals surface area contributed by atoms with Crippen molar-refractivity contribution in [1.82, 2.24) is 20.1 Å². The fraction of sp³-hybridized carbons (Fsp3) is 0.333. The van der Waals surface area contributed by atoms with Crippen LogP contribution in [0.1, 0.15) is 17.2 Å². The summed E-state index contributed by atoms with van der Waals surface area (Å²) >= 11 is 0. The van der Waals surface area contributed by atoms with Crippen molar-refractivity contribution in [3.05, 3.63) is 41.5 Å². The predicted molar refractivity (Wildman–Crippen MR) is 63.6 cm³/mol. The molecule has 0 saturated carbocycles. The van der Waals surface area contributed by atoms with Crippen molar-refractivity contribution in [3.8, 4) is 5.69 Å². The molecule has 1 aromatic carbocycles. The van der Waals surface area contributed by atoms with E-state index in [1.165, 1.54) is 5.56 Å².